The quantitative estimate of drug-likeness (QED) is 0.882. The molecule has 4 heteroatoms. The van der Waals surface area contributed by atoms with Crippen molar-refractivity contribution in [2.75, 3.05) is 13.7 Å². The van der Waals surface area contributed by atoms with Gasteiger partial charge in [-0.2, -0.15) is 0 Å². The van der Waals surface area contributed by atoms with Gasteiger partial charge in [-0.3, -0.25) is 0 Å². The Morgan fingerprint density at radius 1 is 1.14 bits per heavy atom. The summed E-state index contributed by atoms with van der Waals surface area (Å²) in [6.07, 6.45) is 0.925. The van der Waals surface area contributed by atoms with Crippen molar-refractivity contribution < 1.29 is 13.9 Å². The van der Waals surface area contributed by atoms with Crippen LogP contribution in [0.25, 0.3) is 0 Å². The molecule has 1 unspecified atom stereocenters. The zero-order valence-electron chi connectivity index (χ0n) is 12.3. The van der Waals surface area contributed by atoms with Crippen molar-refractivity contribution >= 4 is 0 Å². The zero-order valence-corrected chi connectivity index (χ0v) is 12.3. The first-order valence-electron chi connectivity index (χ1n) is 6.98. The van der Waals surface area contributed by atoms with Gasteiger partial charge in [-0.05, 0) is 30.2 Å². The fourth-order valence-corrected chi connectivity index (χ4v) is 2.13. The van der Waals surface area contributed by atoms with Crippen LogP contribution in [0.3, 0.4) is 0 Å². The molecule has 0 spiro atoms. The number of hydrogen-bond acceptors (Lipinski definition) is 3. The van der Waals surface area contributed by atoms with Crippen LogP contribution in [0, 0.1) is 5.82 Å². The fourth-order valence-electron chi connectivity index (χ4n) is 2.13. The van der Waals surface area contributed by atoms with Gasteiger partial charge in [-0.15, -0.1) is 0 Å². The summed E-state index contributed by atoms with van der Waals surface area (Å²) in [4.78, 5) is 0. The first-order valence-corrected chi connectivity index (χ1v) is 6.98. The number of benzene rings is 2. The topological polar surface area (TPSA) is 44.5 Å². The molecule has 0 saturated heterocycles. The Balaban J connectivity index is 2.33. The van der Waals surface area contributed by atoms with Crippen molar-refractivity contribution in [3.05, 3.63) is 59.4 Å². The minimum atomic E-state index is -0.399. The molecule has 0 heterocycles. The molecule has 0 radical (unpaired) electrons. The normalized spacial score (nSPS) is 12.0. The van der Waals surface area contributed by atoms with E-state index in [9.17, 15) is 4.39 Å². The van der Waals surface area contributed by atoms with Crippen molar-refractivity contribution in [2.24, 2.45) is 5.73 Å². The predicted octanol–water partition coefficient (Wildman–Crippen LogP) is 3.67. The van der Waals surface area contributed by atoms with Crippen LogP contribution in [-0.2, 0) is 0 Å². The van der Waals surface area contributed by atoms with Crippen LogP contribution in [0.1, 0.15) is 30.5 Å². The Bertz CT molecular complexity index is 601. The summed E-state index contributed by atoms with van der Waals surface area (Å²) in [6, 6.07) is 11.9. The van der Waals surface area contributed by atoms with Gasteiger partial charge < -0.3 is 15.2 Å². The average molecular weight is 289 g/mol. The maximum Gasteiger partial charge on any atom is 0.165 e. The second-order valence-electron chi connectivity index (χ2n) is 4.76. The maximum atomic E-state index is 13.5. The third-order valence-corrected chi connectivity index (χ3v) is 3.25. The van der Waals surface area contributed by atoms with Crippen LogP contribution >= 0.6 is 0 Å². The molecule has 21 heavy (non-hydrogen) atoms. The average Bonchev–Trinajstić information content (AvgIpc) is 2.53. The molecule has 112 valence electrons. The molecule has 0 fully saturated rings. The van der Waals surface area contributed by atoms with Gasteiger partial charge in [0, 0.05) is 5.56 Å². The third kappa shape index (κ3) is 3.52. The van der Waals surface area contributed by atoms with E-state index in [1.165, 1.54) is 13.2 Å². The Labute approximate surface area is 124 Å². The van der Waals surface area contributed by atoms with Gasteiger partial charge >= 0.3 is 0 Å². The van der Waals surface area contributed by atoms with Crippen molar-refractivity contribution in [1.82, 2.24) is 0 Å². The minimum absolute atomic E-state index is 0.190. The number of hydrogen-bond donors (Lipinski definition) is 1. The third-order valence-electron chi connectivity index (χ3n) is 3.25. The predicted molar refractivity (Wildman–Crippen MR) is 81.2 cm³/mol. The van der Waals surface area contributed by atoms with Gasteiger partial charge in [0.15, 0.2) is 11.6 Å². The summed E-state index contributed by atoms with van der Waals surface area (Å²) >= 11 is 0. The van der Waals surface area contributed by atoms with Crippen molar-refractivity contribution in [3.63, 3.8) is 0 Å². The summed E-state index contributed by atoms with van der Waals surface area (Å²) < 4.78 is 24.2. The highest BCUT2D eigenvalue weighted by molar-refractivity contribution is 5.43. The number of para-hydroxylation sites is 1. The summed E-state index contributed by atoms with van der Waals surface area (Å²) in [6.45, 7) is 2.68. The van der Waals surface area contributed by atoms with Gasteiger partial charge in [0.25, 0.3) is 0 Å². The lowest BCUT2D eigenvalue weighted by Crippen LogP contribution is -2.14. The molecule has 3 nitrogen and oxygen atoms in total. The van der Waals surface area contributed by atoms with E-state index in [0.29, 0.717) is 6.61 Å². The van der Waals surface area contributed by atoms with Gasteiger partial charge in [-0.25, -0.2) is 4.39 Å². The van der Waals surface area contributed by atoms with E-state index in [-0.39, 0.29) is 5.75 Å². The molecular weight excluding hydrogens is 269 g/mol. The van der Waals surface area contributed by atoms with Crippen molar-refractivity contribution in [1.29, 1.82) is 0 Å². The lowest BCUT2D eigenvalue weighted by Gasteiger charge is -2.18. The summed E-state index contributed by atoms with van der Waals surface area (Å²) in [5.41, 5.74) is 7.96. The number of nitrogens with two attached hydrogens (primary N) is 1. The molecule has 0 saturated carbocycles. The Morgan fingerprint density at radius 3 is 2.62 bits per heavy atom. The molecule has 2 N–H and O–H groups in total. The number of ether oxygens (including phenoxy) is 2. The molecular formula is C17H20FNO2. The molecule has 0 aromatic heterocycles. The SMILES string of the molecule is CCCOc1ccccc1C(N)c1ccc(F)c(OC)c1. The largest absolute Gasteiger partial charge is 0.494 e. The van der Waals surface area contributed by atoms with E-state index in [1.54, 1.807) is 12.1 Å². The van der Waals surface area contributed by atoms with Gasteiger partial charge in [-0.1, -0.05) is 31.2 Å². The van der Waals surface area contributed by atoms with Crippen LogP contribution < -0.4 is 15.2 Å². The Kier molecular flexibility index (Phi) is 5.17. The van der Waals surface area contributed by atoms with E-state index in [2.05, 4.69) is 0 Å². The lowest BCUT2D eigenvalue weighted by atomic mass is 9.98. The van der Waals surface area contributed by atoms with Gasteiger partial charge in [0.1, 0.15) is 5.75 Å². The molecule has 1 atom stereocenters. The maximum absolute atomic E-state index is 13.5. The Morgan fingerprint density at radius 2 is 1.90 bits per heavy atom. The fraction of sp³-hybridized carbons (Fsp3) is 0.294. The summed E-state index contributed by atoms with van der Waals surface area (Å²) in [5.74, 6) is 0.550. The van der Waals surface area contributed by atoms with Crippen LogP contribution in [0.5, 0.6) is 11.5 Å². The summed E-state index contributed by atoms with van der Waals surface area (Å²) in [5, 5.41) is 0. The molecule has 0 aliphatic carbocycles. The van der Waals surface area contributed by atoms with Crippen molar-refractivity contribution in [2.45, 2.75) is 19.4 Å². The van der Waals surface area contributed by atoms with Crippen molar-refractivity contribution in [3.8, 4) is 11.5 Å². The van der Waals surface area contributed by atoms with E-state index < -0.39 is 11.9 Å². The molecule has 0 aliphatic heterocycles. The number of halogens is 1. The van der Waals surface area contributed by atoms with E-state index in [0.717, 1.165) is 23.3 Å². The Hall–Kier alpha value is -2.07. The molecule has 0 amide bonds. The zero-order chi connectivity index (χ0) is 15.2. The number of methoxy groups -OCH3 is 1. The molecule has 0 bridgehead atoms. The second kappa shape index (κ2) is 7.09. The molecule has 2 aromatic carbocycles. The van der Waals surface area contributed by atoms with E-state index in [1.807, 2.05) is 31.2 Å². The first-order chi connectivity index (χ1) is 10.2. The van der Waals surface area contributed by atoms with E-state index >= 15 is 0 Å². The molecule has 0 aliphatic rings. The van der Waals surface area contributed by atoms with Gasteiger partial charge in [0.05, 0.1) is 19.8 Å². The van der Waals surface area contributed by atoms with Gasteiger partial charge in [0.2, 0.25) is 0 Å². The van der Waals surface area contributed by atoms with E-state index in [4.69, 9.17) is 15.2 Å². The molecule has 2 aromatic rings. The second-order valence-corrected chi connectivity index (χ2v) is 4.76. The van der Waals surface area contributed by atoms with Crippen LogP contribution in [-0.4, -0.2) is 13.7 Å². The minimum Gasteiger partial charge on any atom is -0.494 e. The van der Waals surface area contributed by atoms with Crippen LogP contribution in [0.4, 0.5) is 4.39 Å². The highest BCUT2D eigenvalue weighted by Crippen LogP contribution is 2.30. The monoisotopic (exact) mass is 289 g/mol. The summed E-state index contributed by atoms with van der Waals surface area (Å²) in [7, 11) is 1.44. The highest BCUT2D eigenvalue weighted by Gasteiger charge is 2.16. The number of rotatable bonds is 6. The van der Waals surface area contributed by atoms with Crippen LogP contribution in [0.2, 0.25) is 0 Å². The first kappa shape index (κ1) is 15.3. The lowest BCUT2D eigenvalue weighted by molar-refractivity contribution is 0.313. The van der Waals surface area contributed by atoms with Crippen LogP contribution in [0.15, 0.2) is 42.5 Å². The smallest absolute Gasteiger partial charge is 0.165 e. The standard InChI is InChI=1S/C17H20FNO2/c1-3-10-21-15-7-5-4-6-13(15)17(19)12-8-9-14(18)16(11-12)20-2/h4-9,11,17H,3,10,19H2,1-2H3. The molecule has 2 rings (SSSR count). The highest BCUT2D eigenvalue weighted by atomic mass is 19.1.